The number of aryl methyl sites for hydroxylation is 1. The fraction of sp³-hybridized carbons (Fsp3) is 0.333. The van der Waals surface area contributed by atoms with Crippen molar-refractivity contribution in [3.63, 3.8) is 0 Å². The number of carbonyl (C=O) groups excluding carboxylic acids is 3. The van der Waals surface area contributed by atoms with E-state index in [-0.39, 0.29) is 13.0 Å². The van der Waals surface area contributed by atoms with E-state index in [9.17, 15) is 14.4 Å². The molecule has 1 unspecified atom stereocenters. The number of carbonyl (C=O) groups is 3. The Bertz CT molecular complexity index is 962. The SMILES string of the molecule is COc1ccc(CCN2C(=O)NC(CC(=O)Nc3cccc(C)n3)C2=O)cc1OC. The van der Waals surface area contributed by atoms with Crippen molar-refractivity contribution < 1.29 is 23.9 Å². The highest BCUT2D eigenvalue weighted by atomic mass is 16.5. The van der Waals surface area contributed by atoms with Crippen molar-refractivity contribution in [3.05, 3.63) is 47.7 Å². The molecule has 0 aliphatic carbocycles. The lowest BCUT2D eigenvalue weighted by atomic mass is 10.1. The molecule has 0 bridgehead atoms. The molecule has 2 aromatic rings. The molecule has 2 heterocycles. The maximum Gasteiger partial charge on any atom is 0.324 e. The van der Waals surface area contributed by atoms with Crippen LogP contribution in [0.25, 0.3) is 0 Å². The zero-order chi connectivity index (χ0) is 21.7. The lowest BCUT2D eigenvalue weighted by Gasteiger charge is -2.14. The van der Waals surface area contributed by atoms with Crippen molar-refractivity contribution in [1.82, 2.24) is 15.2 Å². The second kappa shape index (κ2) is 9.25. The Kier molecular flexibility index (Phi) is 6.51. The van der Waals surface area contributed by atoms with E-state index in [4.69, 9.17) is 9.47 Å². The van der Waals surface area contributed by atoms with Crippen molar-refractivity contribution in [1.29, 1.82) is 0 Å². The number of ether oxygens (including phenoxy) is 2. The highest BCUT2D eigenvalue weighted by Crippen LogP contribution is 2.28. The Morgan fingerprint density at radius 3 is 2.63 bits per heavy atom. The van der Waals surface area contributed by atoms with E-state index in [1.165, 1.54) is 0 Å². The van der Waals surface area contributed by atoms with Crippen LogP contribution in [0.4, 0.5) is 10.6 Å². The second-order valence-corrected chi connectivity index (χ2v) is 6.85. The number of amides is 4. The fourth-order valence-electron chi connectivity index (χ4n) is 3.20. The largest absolute Gasteiger partial charge is 0.493 e. The Balaban J connectivity index is 1.57. The average Bonchev–Trinajstić information content (AvgIpc) is 2.98. The molecule has 1 atom stereocenters. The zero-order valence-electron chi connectivity index (χ0n) is 17.1. The molecule has 1 saturated heterocycles. The third-order valence-corrected chi connectivity index (χ3v) is 4.72. The quantitative estimate of drug-likeness (QED) is 0.641. The van der Waals surface area contributed by atoms with Gasteiger partial charge in [-0.1, -0.05) is 12.1 Å². The Morgan fingerprint density at radius 1 is 1.17 bits per heavy atom. The van der Waals surface area contributed by atoms with E-state index in [1.54, 1.807) is 38.5 Å². The van der Waals surface area contributed by atoms with Gasteiger partial charge in [0.1, 0.15) is 11.9 Å². The van der Waals surface area contributed by atoms with Crippen LogP contribution in [0.5, 0.6) is 11.5 Å². The van der Waals surface area contributed by atoms with Crippen LogP contribution in [0.15, 0.2) is 36.4 Å². The number of benzene rings is 1. The Labute approximate surface area is 174 Å². The summed E-state index contributed by atoms with van der Waals surface area (Å²) in [7, 11) is 3.09. The molecule has 0 saturated carbocycles. The van der Waals surface area contributed by atoms with Gasteiger partial charge in [-0.15, -0.1) is 0 Å². The zero-order valence-corrected chi connectivity index (χ0v) is 17.1. The standard InChI is InChI=1S/C21H24N4O5/c1-13-5-4-6-18(22-13)24-19(26)12-15-20(27)25(21(28)23-15)10-9-14-7-8-16(29-2)17(11-14)30-3/h4-8,11,15H,9-10,12H2,1-3H3,(H,23,28)(H,22,24,26). The van der Waals surface area contributed by atoms with Gasteiger partial charge in [-0.2, -0.15) is 0 Å². The van der Waals surface area contributed by atoms with Crippen LogP contribution in [-0.2, 0) is 16.0 Å². The maximum absolute atomic E-state index is 12.6. The number of anilines is 1. The molecule has 2 N–H and O–H groups in total. The van der Waals surface area contributed by atoms with E-state index < -0.39 is 23.9 Å². The molecule has 9 heteroatoms. The monoisotopic (exact) mass is 412 g/mol. The lowest BCUT2D eigenvalue weighted by molar-refractivity contribution is -0.129. The van der Waals surface area contributed by atoms with Crippen molar-refractivity contribution in [2.75, 3.05) is 26.1 Å². The van der Waals surface area contributed by atoms with Gasteiger partial charge in [0.05, 0.1) is 20.6 Å². The van der Waals surface area contributed by atoms with Crippen LogP contribution in [-0.4, -0.2) is 54.5 Å². The summed E-state index contributed by atoms with van der Waals surface area (Å²) in [6.45, 7) is 2.00. The van der Waals surface area contributed by atoms with Crippen molar-refractivity contribution >= 4 is 23.7 Å². The van der Waals surface area contributed by atoms with Gasteiger partial charge in [0.25, 0.3) is 5.91 Å². The molecule has 0 radical (unpaired) electrons. The molecule has 30 heavy (non-hydrogen) atoms. The number of urea groups is 1. The first kappa shape index (κ1) is 21.1. The molecule has 1 aliphatic rings. The molecule has 9 nitrogen and oxygen atoms in total. The molecular weight excluding hydrogens is 388 g/mol. The van der Waals surface area contributed by atoms with Gasteiger partial charge < -0.3 is 20.1 Å². The summed E-state index contributed by atoms with van der Waals surface area (Å²) in [6.07, 6.45) is 0.290. The molecule has 1 aromatic heterocycles. The lowest BCUT2D eigenvalue weighted by Crippen LogP contribution is -2.35. The van der Waals surface area contributed by atoms with Crippen molar-refractivity contribution in [2.45, 2.75) is 25.8 Å². The number of nitrogens with zero attached hydrogens (tertiary/aromatic N) is 2. The summed E-state index contributed by atoms with van der Waals surface area (Å²) in [4.78, 5) is 42.4. The van der Waals surface area contributed by atoms with E-state index in [1.807, 2.05) is 19.1 Å². The van der Waals surface area contributed by atoms with Gasteiger partial charge in [0, 0.05) is 12.2 Å². The minimum Gasteiger partial charge on any atom is -0.493 e. The van der Waals surface area contributed by atoms with Crippen LogP contribution < -0.4 is 20.1 Å². The number of hydrogen-bond acceptors (Lipinski definition) is 6. The summed E-state index contributed by atoms with van der Waals surface area (Å²) in [6, 6.07) is 9.27. The topological polar surface area (TPSA) is 110 Å². The summed E-state index contributed by atoms with van der Waals surface area (Å²) >= 11 is 0. The fourth-order valence-corrected chi connectivity index (χ4v) is 3.20. The minimum absolute atomic E-state index is 0.160. The third-order valence-electron chi connectivity index (χ3n) is 4.72. The van der Waals surface area contributed by atoms with E-state index >= 15 is 0 Å². The molecule has 3 rings (SSSR count). The molecule has 1 aliphatic heterocycles. The van der Waals surface area contributed by atoms with Crippen molar-refractivity contribution in [2.24, 2.45) is 0 Å². The van der Waals surface area contributed by atoms with Crippen LogP contribution in [0.1, 0.15) is 17.7 Å². The smallest absolute Gasteiger partial charge is 0.324 e. The predicted octanol–water partition coefficient (Wildman–Crippen LogP) is 1.90. The van der Waals surface area contributed by atoms with Crippen LogP contribution >= 0.6 is 0 Å². The molecule has 1 aromatic carbocycles. The average molecular weight is 412 g/mol. The van der Waals surface area contributed by atoms with Crippen LogP contribution in [0, 0.1) is 6.92 Å². The Morgan fingerprint density at radius 2 is 1.93 bits per heavy atom. The molecule has 1 fully saturated rings. The summed E-state index contributed by atoms with van der Waals surface area (Å²) in [5, 5.41) is 5.21. The maximum atomic E-state index is 12.6. The molecule has 0 spiro atoms. The Hall–Kier alpha value is -3.62. The predicted molar refractivity (Wildman–Crippen MR) is 110 cm³/mol. The second-order valence-electron chi connectivity index (χ2n) is 6.85. The summed E-state index contributed by atoms with van der Waals surface area (Å²) in [5.74, 6) is 0.764. The first-order valence-electron chi connectivity index (χ1n) is 9.47. The number of pyridine rings is 1. The van der Waals surface area contributed by atoms with Crippen LogP contribution in [0.3, 0.4) is 0 Å². The van der Waals surface area contributed by atoms with Gasteiger partial charge in [-0.05, 0) is 43.2 Å². The van der Waals surface area contributed by atoms with Gasteiger partial charge in [-0.25, -0.2) is 9.78 Å². The van der Waals surface area contributed by atoms with E-state index in [2.05, 4.69) is 15.6 Å². The number of hydrogen-bond donors (Lipinski definition) is 2. The van der Waals surface area contributed by atoms with Gasteiger partial charge in [0.15, 0.2) is 11.5 Å². The minimum atomic E-state index is -0.896. The number of nitrogens with one attached hydrogen (secondary N) is 2. The number of imide groups is 1. The first-order chi connectivity index (χ1) is 14.4. The number of rotatable bonds is 8. The highest BCUT2D eigenvalue weighted by molar-refractivity contribution is 6.06. The summed E-state index contributed by atoms with van der Waals surface area (Å²) < 4.78 is 10.5. The summed E-state index contributed by atoms with van der Waals surface area (Å²) in [5.41, 5.74) is 1.65. The van der Waals surface area contributed by atoms with E-state index in [0.29, 0.717) is 23.7 Å². The van der Waals surface area contributed by atoms with Crippen LogP contribution in [0.2, 0.25) is 0 Å². The van der Waals surface area contributed by atoms with Gasteiger partial charge in [-0.3, -0.25) is 14.5 Å². The number of aromatic nitrogens is 1. The van der Waals surface area contributed by atoms with Gasteiger partial charge in [0.2, 0.25) is 5.91 Å². The van der Waals surface area contributed by atoms with E-state index in [0.717, 1.165) is 16.2 Å². The normalized spacial score (nSPS) is 15.7. The van der Waals surface area contributed by atoms with Gasteiger partial charge >= 0.3 is 6.03 Å². The molecular formula is C21H24N4O5. The highest BCUT2D eigenvalue weighted by Gasteiger charge is 2.38. The molecule has 4 amide bonds. The van der Waals surface area contributed by atoms with Crippen molar-refractivity contribution in [3.8, 4) is 11.5 Å². The number of methoxy groups -OCH3 is 2. The third kappa shape index (κ3) is 4.86. The molecule has 158 valence electrons. The first-order valence-corrected chi connectivity index (χ1v) is 9.47.